The molecule has 1 N–H and O–H groups in total. The van der Waals surface area contributed by atoms with Gasteiger partial charge in [-0.05, 0) is 74.6 Å². The Balaban J connectivity index is 1.81. The summed E-state index contributed by atoms with van der Waals surface area (Å²) in [6.45, 7) is 9.87. The van der Waals surface area contributed by atoms with Crippen LogP contribution < -0.4 is 9.62 Å². The van der Waals surface area contributed by atoms with Crippen molar-refractivity contribution in [2.24, 2.45) is 0 Å². The van der Waals surface area contributed by atoms with Crippen LogP contribution >= 0.6 is 0 Å². The van der Waals surface area contributed by atoms with E-state index in [1.165, 1.54) is 4.31 Å². The van der Waals surface area contributed by atoms with Crippen molar-refractivity contribution in [2.75, 3.05) is 17.4 Å². The van der Waals surface area contributed by atoms with Gasteiger partial charge in [-0.25, -0.2) is 8.42 Å². The van der Waals surface area contributed by atoms with Gasteiger partial charge in [0, 0.05) is 19.5 Å². The minimum Gasteiger partial charge on any atom is -0.354 e. The number of nitrogens with zero attached hydrogens (tertiary/aromatic N) is 2. The molecule has 242 valence electrons. The molecule has 2 amide bonds. The van der Waals surface area contributed by atoms with Gasteiger partial charge in [0.25, 0.3) is 10.0 Å². The molecule has 8 heteroatoms. The fourth-order valence-electron chi connectivity index (χ4n) is 5.31. The minimum atomic E-state index is -4.15. The van der Waals surface area contributed by atoms with Gasteiger partial charge in [-0.1, -0.05) is 103 Å². The predicted molar refractivity (Wildman–Crippen MR) is 185 cm³/mol. The standard InChI is InChI=1S/C38H45N3O4S/c1-6-7-24-39-38(43)36(25-32-13-9-8-10-14-32)40(26-33-20-16-28(2)17-21-33)37(42)27-41(35-15-11-12-30(4)31(35)5)46(44,45)34-22-18-29(3)19-23-34/h8-23,36H,6-7,24-27H2,1-5H3,(H,39,43)/t36-/m1/s1. The Kier molecular flexibility index (Phi) is 11.8. The van der Waals surface area contributed by atoms with Crippen LogP contribution in [0.25, 0.3) is 0 Å². The van der Waals surface area contributed by atoms with Crippen LogP contribution in [0.4, 0.5) is 5.69 Å². The molecule has 0 aromatic heterocycles. The van der Waals surface area contributed by atoms with E-state index in [-0.39, 0.29) is 23.8 Å². The highest BCUT2D eigenvalue weighted by molar-refractivity contribution is 7.92. The van der Waals surface area contributed by atoms with Crippen molar-refractivity contribution in [1.82, 2.24) is 10.2 Å². The lowest BCUT2D eigenvalue weighted by Crippen LogP contribution is -2.53. The normalized spacial score (nSPS) is 11.9. The third-order valence-corrected chi connectivity index (χ3v) is 10.1. The molecular formula is C38H45N3O4S. The van der Waals surface area contributed by atoms with E-state index >= 15 is 0 Å². The maximum Gasteiger partial charge on any atom is 0.264 e. The van der Waals surface area contributed by atoms with E-state index in [0.29, 0.717) is 12.2 Å². The predicted octanol–water partition coefficient (Wildman–Crippen LogP) is 6.67. The van der Waals surface area contributed by atoms with Crippen LogP contribution in [0.3, 0.4) is 0 Å². The lowest BCUT2D eigenvalue weighted by Gasteiger charge is -2.34. The second-order valence-corrected chi connectivity index (χ2v) is 13.8. The molecule has 1 atom stereocenters. The van der Waals surface area contributed by atoms with Crippen molar-refractivity contribution in [3.63, 3.8) is 0 Å². The van der Waals surface area contributed by atoms with Crippen molar-refractivity contribution in [3.05, 3.63) is 130 Å². The Morgan fingerprint density at radius 1 is 0.761 bits per heavy atom. The molecule has 0 aliphatic carbocycles. The summed E-state index contributed by atoms with van der Waals surface area (Å²) in [5, 5.41) is 3.03. The van der Waals surface area contributed by atoms with Crippen molar-refractivity contribution in [3.8, 4) is 0 Å². The van der Waals surface area contributed by atoms with Crippen LogP contribution in [-0.2, 0) is 32.6 Å². The van der Waals surface area contributed by atoms with E-state index in [4.69, 9.17) is 0 Å². The Morgan fingerprint density at radius 3 is 2.02 bits per heavy atom. The minimum absolute atomic E-state index is 0.0926. The topological polar surface area (TPSA) is 86.8 Å². The van der Waals surface area contributed by atoms with Gasteiger partial charge in [-0.15, -0.1) is 0 Å². The summed E-state index contributed by atoms with van der Waals surface area (Å²) in [5.41, 5.74) is 5.84. The third kappa shape index (κ3) is 8.63. The highest BCUT2D eigenvalue weighted by Crippen LogP contribution is 2.29. The number of hydrogen-bond donors (Lipinski definition) is 1. The number of nitrogens with one attached hydrogen (secondary N) is 1. The zero-order valence-electron chi connectivity index (χ0n) is 27.5. The molecule has 0 saturated heterocycles. The maximum absolute atomic E-state index is 14.6. The van der Waals surface area contributed by atoms with Gasteiger partial charge >= 0.3 is 0 Å². The first-order chi connectivity index (χ1) is 22.0. The number of hydrogen-bond acceptors (Lipinski definition) is 4. The number of carbonyl (C=O) groups excluding carboxylic acids is 2. The molecule has 0 spiro atoms. The molecule has 4 aromatic carbocycles. The van der Waals surface area contributed by atoms with Gasteiger partial charge < -0.3 is 10.2 Å². The van der Waals surface area contributed by atoms with Crippen molar-refractivity contribution < 1.29 is 18.0 Å². The molecule has 0 heterocycles. The molecule has 0 bridgehead atoms. The van der Waals surface area contributed by atoms with Gasteiger partial charge in [-0.2, -0.15) is 0 Å². The zero-order valence-corrected chi connectivity index (χ0v) is 28.3. The van der Waals surface area contributed by atoms with Gasteiger partial charge in [0.05, 0.1) is 10.6 Å². The molecule has 46 heavy (non-hydrogen) atoms. The van der Waals surface area contributed by atoms with Crippen LogP contribution in [0, 0.1) is 27.7 Å². The van der Waals surface area contributed by atoms with Crippen LogP contribution in [0.1, 0.15) is 53.1 Å². The van der Waals surface area contributed by atoms with E-state index in [2.05, 4.69) is 12.2 Å². The summed E-state index contributed by atoms with van der Waals surface area (Å²) in [6.07, 6.45) is 2.01. The number of sulfonamides is 1. The first kappa shape index (κ1) is 34.4. The second kappa shape index (κ2) is 15.7. The van der Waals surface area contributed by atoms with Crippen LogP contribution in [0.2, 0.25) is 0 Å². The van der Waals surface area contributed by atoms with E-state index in [1.54, 1.807) is 41.3 Å². The summed E-state index contributed by atoms with van der Waals surface area (Å²) < 4.78 is 29.8. The SMILES string of the molecule is CCCCNC(=O)[C@@H](Cc1ccccc1)N(Cc1ccc(C)cc1)C(=O)CN(c1cccc(C)c1C)S(=O)(=O)c1ccc(C)cc1. The Labute approximate surface area is 274 Å². The number of amides is 2. The summed E-state index contributed by atoms with van der Waals surface area (Å²) >= 11 is 0. The third-order valence-electron chi connectivity index (χ3n) is 8.31. The molecule has 0 aliphatic heterocycles. The number of carbonyl (C=O) groups is 2. The number of aryl methyl sites for hydroxylation is 3. The second-order valence-electron chi connectivity index (χ2n) is 11.9. The number of anilines is 1. The van der Waals surface area contributed by atoms with Gasteiger partial charge in [-0.3, -0.25) is 13.9 Å². The average molecular weight is 640 g/mol. The summed E-state index contributed by atoms with van der Waals surface area (Å²) in [7, 11) is -4.15. The molecule has 7 nitrogen and oxygen atoms in total. The lowest BCUT2D eigenvalue weighted by atomic mass is 10.0. The molecule has 0 fully saturated rings. The monoisotopic (exact) mass is 639 g/mol. The Morgan fingerprint density at radius 2 is 1.39 bits per heavy atom. The molecule has 0 radical (unpaired) electrons. The maximum atomic E-state index is 14.6. The largest absolute Gasteiger partial charge is 0.354 e. The highest BCUT2D eigenvalue weighted by Gasteiger charge is 2.35. The Hall–Kier alpha value is -4.43. The lowest BCUT2D eigenvalue weighted by molar-refractivity contribution is -0.140. The molecular weight excluding hydrogens is 595 g/mol. The van der Waals surface area contributed by atoms with Crippen LogP contribution in [-0.4, -0.2) is 44.3 Å². The zero-order chi connectivity index (χ0) is 33.3. The molecule has 0 saturated carbocycles. The van der Waals surface area contributed by atoms with E-state index in [1.807, 2.05) is 88.4 Å². The first-order valence-corrected chi connectivity index (χ1v) is 17.3. The van der Waals surface area contributed by atoms with Gasteiger partial charge in [0.15, 0.2) is 0 Å². The summed E-state index contributed by atoms with van der Waals surface area (Å²) in [6, 6.07) is 28.6. The molecule has 4 aromatic rings. The number of rotatable bonds is 14. The fraction of sp³-hybridized carbons (Fsp3) is 0.316. The highest BCUT2D eigenvalue weighted by atomic mass is 32.2. The summed E-state index contributed by atoms with van der Waals surface area (Å²) in [4.78, 5) is 30.1. The van der Waals surface area contributed by atoms with Gasteiger partial charge in [0.2, 0.25) is 11.8 Å². The van der Waals surface area contributed by atoms with E-state index < -0.39 is 28.5 Å². The Bertz CT molecular complexity index is 1720. The van der Waals surface area contributed by atoms with Crippen molar-refractivity contribution in [1.29, 1.82) is 0 Å². The average Bonchev–Trinajstić information content (AvgIpc) is 3.04. The van der Waals surface area contributed by atoms with Crippen molar-refractivity contribution >= 4 is 27.5 Å². The molecule has 4 rings (SSSR count). The van der Waals surface area contributed by atoms with Crippen molar-refractivity contribution in [2.45, 2.75) is 71.4 Å². The number of benzene rings is 4. The van der Waals surface area contributed by atoms with Crippen LogP contribution in [0.15, 0.2) is 102 Å². The summed E-state index contributed by atoms with van der Waals surface area (Å²) in [5.74, 6) is -0.735. The molecule has 0 aliphatic rings. The molecule has 0 unspecified atom stereocenters. The van der Waals surface area contributed by atoms with E-state index in [9.17, 15) is 18.0 Å². The first-order valence-electron chi connectivity index (χ1n) is 15.8. The number of unbranched alkanes of at least 4 members (excludes halogenated alkanes) is 1. The fourth-order valence-corrected chi connectivity index (χ4v) is 6.78. The quantitative estimate of drug-likeness (QED) is 0.156. The van der Waals surface area contributed by atoms with Crippen LogP contribution in [0.5, 0.6) is 0 Å². The van der Waals surface area contributed by atoms with Gasteiger partial charge in [0.1, 0.15) is 12.6 Å². The van der Waals surface area contributed by atoms with E-state index in [0.717, 1.165) is 46.2 Å². The smallest absolute Gasteiger partial charge is 0.264 e.